The third kappa shape index (κ3) is 3.29. The second-order valence-electron chi connectivity index (χ2n) is 6.07. The lowest BCUT2D eigenvalue weighted by Gasteiger charge is -2.39. The molecule has 3 rings (SSSR count). The number of aliphatic hydroxyl groups is 2. The second-order valence-corrected chi connectivity index (χ2v) is 6.07. The number of benzene rings is 1. The molecule has 2 saturated heterocycles. The molecule has 0 spiro atoms. The van der Waals surface area contributed by atoms with Crippen LogP contribution in [0.25, 0.3) is 0 Å². The van der Waals surface area contributed by atoms with Crippen molar-refractivity contribution in [3.63, 3.8) is 0 Å². The van der Waals surface area contributed by atoms with Gasteiger partial charge in [0.15, 0.2) is 5.79 Å². The van der Waals surface area contributed by atoms with Gasteiger partial charge in [0.1, 0.15) is 35.9 Å². The van der Waals surface area contributed by atoms with Crippen LogP contribution in [0.5, 0.6) is 11.5 Å². The van der Waals surface area contributed by atoms with E-state index in [9.17, 15) is 10.2 Å². The van der Waals surface area contributed by atoms with Crippen LogP contribution in [0.2, 0.25) is 0 Å². The predicted molar refractivity (Wildman–Crippen MR) is 79.2 cm³/mol. The molecular weight excluding hydrogens is 304 g/mol. The number of aliphatic hydroxyl groups excluding tert-OH is 2. The molecule has 23 heavy (non-hydrogen) atoms. The van der Waals surface area contributed by atoms with Gasteiger partial charge in [-0.2, -0.15) is 0 Å². The molecular formula is C16H22O7. The highest BCUT2D eigenvalue weighted by atomic mass is 16.8. The van der Waals surface area contributed by atoms with Crippen LogP contribution in [0.15, 0.2) is 24.3 Å². The Morgan fingerprint density at radius 2 is 1.70 bits per heavy atom. The van der Waals surface area contributed by atoms with Crippen LogP contribution < -0.4 is 9.47 Å². The van der Waals surface area contributed by atoms with Gasteiger partial charge in [-0.1, -0.05) is 0 Å². The van der Waals surface area contributed by atoms with E-state index in [4.69, 9.17) is 23.7 Å². The molecule has 0 amide bonds. The fourth-order valence-corrected chi connectivity index (χ4v) is 2.89. The van der Waals surface area contributed by atoms with Crippen LogP contribution in [0.4, 0.5) is 0 Å². The molecule has 0 saturated carbocycles. The van der Waals surface area contributed by atoms with E-state index in [0.29, 0.717) is 11.5 Å². The first-order valence-electron chi connectivity index (χ1n) is 7.54. The van der Waals surface area contributed by atoms with Gasteiger partial charge in [-0.05, 0) is 38.1 Å². The largest absolute Gasteiger partial charge is 0.497 e. The summed E-state index contributed by atoms with van der Waals surface area (Å²) < 4.78 is 27.9. The van der Waals surface area contributed by atoms with Crippen molar-refractivity contribution in [3.8, 4) is 11.5 Å². The van der Waals surface area contributed by atoms with Gasteiger partial charge >= 0.3 is 0 Å². The highest BCUT2D eigenvalue weighted by Crippen LogP contribution is 2.38. The number of methoxy groups -OCH3 is 1. The molecule has 0 aromatic heterocycles. The number of fused-ring (bicyclic) bond motifs is 1. The van der Waals surface area contributed by atoms with E-state index in [1.807, 2.05) is 0 Å². The Balaban J connectivity index is 1.74. The number of ether oxygens (including phenoxy) is 5. The first-order valence-corrected chi connectivity index (χ1v) is 7.54. The maximum absolute atomic E-state index is 10.5. The minimum Gasteiger partial charge on any atom is -0.497 e. The van der Waals surface area contributed by atoms with Gasteiger partial charge in [0, 0.05) is 0 Å². The van der Waals surface area contributed by atoms with E-state index in [2.05, 4.69) is 0 Å². The standard InChI is InChI=1S/C16H22O7/c1-16(2)22-13-11(8-17)21-15(12(18)14(13)23-16)20-10-6-4-9(19-3)5-7-10/h4-7,11-15,17-18H,8H2,1-3H3/t11-,12-,13+,14-,15?/m1/s1. The third-order valence-corrected chi connectivity index (χ3v) is 3.95. The summed E-state index contributed by atoms with van der Waals surface area (Å²) in [5, 5.41) is 20.0. The molecule has 2 aliphatic heterocycles. The van der Waals surface area contributed by atoms with Crippen molar-refractivity contribution >= 4 is 0 Å². The van der Waals surface area contributed by atoms with Gasteiger partial charge in [0.2, 0.25) is 6.29 Å². The number of hydrogen-bond acceptors (Lipinski definition) is 7. The maximum atomic E-state index is 10.5. The highest BCUT2D eigenvalue weighted by Gasteiger charge is 2.55. The van der Waals surface area contributed by atoms with Crippen molar-refractivity contribution in [2.75, 3.05) is 13.7 Å². The van der Waals surface area contributed by atoms with Crippen molar-refractivity contribution in [2.24, 2.45) is 0 Å². The quantitative estimate of drug-likeness (QED) is 0.841. The van der Waals surface area contributed by atoms with Gasteiger partial charge in [-0.25, -0.2) is 0 Å². The zero-order valence-electron chi connectivity index (χ0n) is 13.3. The summed E-state index contributed by atoms with van der Waals surface area (Å²) in [4.78, 5) is 0. The van der Waals surface area contributed by atoms with E-state index < -0.39 is 36.5 Å². The summed E-state index contributed by atoms with van der Waals surface area (Å²) in [6.07, 6.45) is -3.79. The molecule has 2 heterocycles. The monoisotopic (exact) mass is 326 g/mol. The highest BCUT2D eigenvalue weighted by molar-refractivity contribution is 5.31. The van der Waals surface area contributed by atoms with Crippen molar-refractivity contribution in [1.29, 1.82) is 0 Å². The maximum Gasteiger partial charge on any atom is 0.229 e. The zero-order valence-corrected chi connectivity index (χ0v) is 13.3. The Bertz CT molecular complexity index is 530. The lowest BCUT2D eigenvalue weighted by atomic mass is 9.99. The van der Waals surface area contributed by atoms with Gasteiger partial charge in [0.25, 0.3) is 0 Å². The average molecular weight is 326 g/mol. The van der Waals surface area contributed by atoms with E-state index in [0.717, 1.165) is 0 Å². The molecule has 128 valence electrons. The van der Waals surface area contributed by atoms with Crippen LogP contribution in [-0.2, 0) is 14.2 Å². The summed E-state index contributed by atoms with van der Waals surface area (Å²) in [5.74, 6) is 0.371. The molecule has 7 heteroatoms. The minimum absolute atomic E-state index is 0.254. The minimum atomic E-state index is -1.04. The predicted octanol–water partition coefficient (Wildman–Crippen LogP) is 0.672. The van der Waals surface area contributed by atoms with Crippen molar-refractivity contribution in [1.82, 2.24) is 0 Å². The fourth-order valence-electron chi connectivity index (χ4n) is 2.89. The average Bonchev–Trinajstić information content (AvgIpc) is 2.87. The van der Waals surface area contributed by atoms with Crippen molar-refractivity contribution in [3.05, 3.63) is 24.3 Å². The van der Waals surface area contributed by atoms with Gasteiger partial charge in [-0.3, -0.25) is 0 Å². The number of hydrogen-bond donors (Lipinski definition) is 2. The van der Waals surface area contributed by atoms with Crippen LogP contribution >= 0.6 is 0 Å². The Morgan fingerprint density at radius 3 is 2.30 bits per heavy atom. The lowest BCUT2D eigenvalue weighted by Crippen LogP contribution is -2.58. The summed E-state index contributed by atoms with van der Waals surface area (Å²) in [7, 11) is 1.58. The molecule has 1 aromatic carbocycles. The fraction of sp³-hybridized carbons (Fsp3) is 0.625. The summed E-state index contributed by atoms with van der Waals surface area (Å²) in [6, 6.07) is 6.92. The summed E-state index contributed by atoms with van der Waals surface area (Å²) >= 11 is 0. The summed E-state index contributed by atoms with van der Waals surface area (Å²) in [6.45, 7) is 3.26. The van der Waals surface area contributed by atoms with Gasteiger partial charge < -0.3 is 33.9 Å². The van der Waals surface area contributed by atoms with Gasteiger partial charge in [0.05, 0.1) is 13.7 Å². The molecule has 7 nitrogen and oxygen atoms in total. The molecule has 2 N–H and O–H groups in total. The molecule has 2 fully saturated rings. The van der Waals surface area contributed by atoms with E-state index in [-0.39, 0.29) is 6.61 Å². The van der Waals surface area contributed by atoms with Crippen molar-refractivity contribution in [2.45, 2.75) is 50.3 Å². The molecule has 1 unspecified atom stereocenters. The zero-order chi connectivity index (χ0) is 16.6. The Kier molecular flexibility index (Phi) is 4.48. The molecule has 2 aliphatic rings. The van der Waals surface area contributed by atoms with Crippen LogP contribution in [0.3, 0.4) is 0 Å². The lowest BCUT2D eigenvalue weighted by molar-refractivity contribution is -0.254. The SMILES string of the molecule is COc1ccc(OC2O[C@H](CO)[C@@H]3OC(C)(C)O[C@@H]3[C@H]2O)cc1. The molecule has 0 radical (unpaired) electrons. The second kappa shape index (κ2) is 6.26. The first-order chi connectivity index (χ1) is 10.9. The third-order valence-electron chi connectivity index (χ3n) is 3.95. The normalized spacial score (nSPS) is 35.6. The van der Waals surface area contributed by atoms with E-state index >= 15 is 0 Å². The molecule has 1 aromatic rings. The van der Waals surface area contributed by atoms with Crippen LogP contribution in [0.1, 0.15) is 13.8 Å². The van der Waals surface area contributed by atoms with Crippen molar-refractivity contribution < 1.29 is 33.9 Å². The van der Waals surface area contributed by atoms with Crippen LogP contribution in [0, 0.1) is 0 Å². The molecule has 5 atom stereocenters. The Labute approximate surface area is 134 Å². The molecule has 0 aliphatic carbocycles. The first kappa shape index (κ1) is 16.5. The van der Waals surface area contributed by atoms with Gasteiger partial charge in [-0.15, -0.1) is 0 Å². The molecule has 0 bridgehead atoms. The Hall–Kier alpha value is -1.38. The van der Waals surface area contributed by atoms with Crippen LogP contribution in [-0.4, -0.2) is 60.4 Å². The summed E-state index contributed by atoms with van der Waals surface area (Å²) in [5.41, 5.74) is 0. The smallest absolute Gasteiger partial charge is 0.229 e. The van der Waals surface area contributed by atoms with E-state index in [1.165, 1.54) is 0 Å². The van der Waals surface area contributed by atoms with E-state index in [1.54, 1.807) is 45.2 Å². The topological polar surface area (TPSA) is 86.6 Å². The number of rotatable bonds is 4. The Morgan fingerprint density at radius 1 is 1.09 bits per heavy atom.